The molecule has 0 aromatic carbocycles. The van der Waals surface area contributed by atoms with Crippen LogP contribution in [0.15, 0.2) is 29.8 Å². The lowest BCUT2D eigenvalue weighted by Crippen LogP contribution is -2.39. The summed E-state index contributed by atoms with van der Waals surface area (Å²) in [6.45, 7) is 5.84. The van der Waals surface area contributed by atoms with Gasteiger partial charge in [0.05, 0.1) is 10.7 Å². The first-order valence-electron chi connectivity index (χ1n) is 9.47. The van der Waals surface area contributed by atoms with E-state index in [1.54, 1.807) is 23.6 Å². The van der Waals surface area contributed by atoms with Crippen molar-refractivity contribution in [2.45, 2.75) is 39.0 Å². The second-order valence-electron chi connectivity index (χ2n) is 7.18. The molecule has 3 rings (SSSR count). The van der Waals surface area contributed by atoms with Crippen LogP contribution in [0.3, 0.4) is 0 Å². The van der Waals surface area contributed by atoms with E-state index < -0.39 is 0 Å². The zero-order valence-corrected chi connectivity index (χ0v) is 16.7. The van der Waals surface area contributed by atoms with Gasteiger partial charge < -0.3 is 10.2 Å². The fourth-order valence-corrected chi connectivity index (χ4v) is 4.14. The molecule has 1 N–H and O–H groups in total. The summed E-state index contributed by atoms with van der Waals surface area (Å²) < 4.78 is 0. The van der Waals surface area contributed by atoms with Crippen molar-refractivity contribution < 1.29 is 9.59 Å². The normalized spacial score (nSPS) is 17.1. The SMILES string of the molecule is CC(C)C(=O)NCCc1csc(C2CCCN(C(=O)c3ccccn3)C2)n1. The first-order chi connectivity index (χ1) is 13.0. The highest BCUT2D eigenvalue weighted by atomic mass is 32.1. The molecule has 0 saturated carbocycles. The zero-order chi connectivity index (χ0) is 19.2. The van der Waals surface area contributed by atoms with Gasteiger partial charge in [-0.15, -0.1) is 11.3 Å². The Morgan fingerprint density at radius 2 is 2.22 bits per heavy atom. The quantitative estimate of drug-likeness (QED) is 0.828. The van der Waals surface area contributed by atoms with E-state index in [0.717, 1.165) is 36.5 Å². The summed E-state index contributed by atoms with van der Waals surface area (Å²) >= 11 is 1.65. The Kier molecular flexibility index (Phi) is 6.55. The molecule has 0 spiro atoms. The number of carbonyl (C=O) groups excluding carboxylic acids is 2. The molecule has 1 atom stereocenters. The average molecular weight is 387 g/mol. The molecule has 0 aliphatic carbocycles. The molecular weight excluding hydrogens is 360 g/mol. The van der Waals surface area contributed by atoms with Gasteiger partial charge in [-0.2, -0.15) is 0 Å². The summed E-state index contributed by atoms with van der Waals surface area (Å²) in [4.78, 5) is 35.1. The number of hydrogen-bond donors (Lipinski definition) is 1. The Balaban J connectivity index is 1.56. The maximum Gasteiger partial charge on any atom is 0.272 e. The Hall–Kier alpha value is -2.28. The summed E-state index contributed by atoms with van der Waals surface area (Å²) in [7, 11) is 0. The number of piperidine rings is 1. The second kappa shape index (κ2) is 9.08. The minimum absolute atomic E-state index is 0.000795. The molecule has 6 nitrogen and oxygen atoms in total. The number of hydrogen-bond acceptors (Lipinski definition) is 5. The number of pyridine rings is 1. The van der Waals surface area contributed by atoms with Gasteiger partial charge in [0.2, 0.25) is 5.91 Å². The minimum Gasteiger partial charge on any atom is -0.355 e. The molecule has 27 heavy (non-hydrogen) atoms. The zero-order valence-electron chi connectivity index (χ0n) is 15.9. The largest absolute Gasteiger partial charge is 0.355 e. The van der Waals surface area contributed by atoms with Gasteiger partial charge >= 0.3 is 0 Å². The molecule has 7 heteroatoms. The number of likely N-dealkylation sites (tertiary alicyclic amines) is 1. The van der Waals surface area contributed by atoms with Crippen LogP contribution in [0.2, 0.25) is 0 Å². The maximum absolute atomic E-state index is 12.6. The van der Waals surface area contributed by atoms with E-state index in [-0.39, 0.29) is 23.7 Å². The highest BCUT2D eigenvalue weighted by Gasteiger charge is 2.27. The van der Waals surface area contributed by atoms with Crippen LogP contribution in [-0.4, -0.2) is 46.3 Å². The number of amides is 2. The Bertz CT molecular complexity index is 775. The van der Waals surface area contributed by atoms with Gasteiger partial charge in [0, 0.05) is 49.5 Å². The van der Waals surface area contributed by atoms with E-state index in [1.165, 1.54) is 0 Å². The number of thiazole rings is 1. The second-order valence-corrected chi connectivity index (χ2v) is 8.07. The molecular formula is C20H26N4O2S. The summed E-state index contributed by atoms with van der Waals surface area (Å²) in [5, 5.41) is 6.07. The van der Waals surface area contributed by atoms with E-state index >= 15 is 0 Å². The highest BCUT2D eigenvalue weighted by Crippen LogP contribution is 2.30. The van der Waals surface area contributed by atoms with E-state index in [9.17, 15) is 9.59 Å². The first-order valence-corrected chi connectivity index (χ1v) is 10.3. The smallest absolute Gasteiger partial charge is 0.272 e. The number of aromatic nitrogens is 2. The van der Waals surface area contributed by atoms with Gasteiger partial charge in [0.1, 0.15) is 5.69 Å². The lowest BCUT2D eigenvalue weighted by Gasteiger charge is -2.31. The Labute approximate surface area is 164 Å². The minimum atomic E-state index is -0.00604. The third kappa shape index (κ3) is 5.13. The third-order valence-corrected chi connectivity index (χ3v) is 5.77. The fourth-order valence-electron chi connectivity index (χ4n) is 3.16. The van der Waals surface area contributed by atoms with Crippen molar-refractivity contribution in [1.82, 2.24) is 20.2 Å². The van der Waals surface area contributed by atoms with Crippen LogP contribution in [-0.2, 0) is 11.2 Å². The van der Waals surface area contributed by atoms with Crippen LogP contribution < -0.4 is 5.32 Å². The molecule has 1 aliphatic heterocycles. The fraction of sp³-hybridized carbons (Fsp3) is 0.500. The molecule has 3 heterocycles. The van der Waals surface area contributed by atoms with Crippen LogP contribution in [0.5, 0.6) is 0 Å². The van der Waals surface area contributed by atoms with E-state index in [1.807, 2.05) is 30.9 Å². The van der Waals surface area contributed by atoms with Crippen molar-refractivity contribution >= 4 is 23.2 Å². The molecule has 144 valence electrons. The van der Waals surface area contributed by atoms with Crippen molar-refractivity contribution in [1.29, 1.82) is 0 Å². The summed E-state index contributed by atoms with van der Waals surface area (Å²) in [5.41, 5.74) is 1.51. The highest BCUT2D eigenvalue weighted by molar-refractivity contribution is 7.09. The number of rotatable bonds is 6. The van der Waals surface area contributed by atoms with Crippen LogP contribution in [0.1, 0.15) is 53.8 Å². The average Bonchev–Trinajstić information content (AvgIpc) is 3.17. The predicted molar refractivity (Wildman–Crippen MR) is 106 cm³/mol. The van der Waals surface area contributed by atoms with Crippen molar-refractivity contribution in [3.63, 3.8) is 0 Å². The maximum atomic E-state index is 12.6. The number of carbonyl (C=O) groups is 2. The molecule has 2 aromatic rings. The van der Waals surface area contributed by atoms with Crippen molar-refractivity contribution in [3.8, 4) is 0 Å². The van der Waals surface area contributed by atoms with E-state index in [2.05, 4.69) is 15.7 Å². The van der Waals surface area contributed by atoms with Crippen LogP contribution in [0.25, 0.3) is 0 Å². The lowest BCUT2D eigenvalue weighted by molar-refractivity contribution is -0.123. The molecule has 1 fully saturated rings. The van der Waals surface area contributed by atoms with Gasteiger partial charge in [-0.1, -0.05) is 19.9 Å². The Morgan fingerprint density at radius 3 is 2.96 bits per heavy atom. The van der Waals surface area contributed by atoms with Gasteiger partial charge in [0.25, 0.3) is 5.91 Å². The molecule has 2 aromatic heterocycles. The predicted octanol–water partition coefficient (Wildman–Crippen LogP) is 2.87. The molecule has 0 bridgehead atoms. The molecule has 2 amide bonds. The Morgan fingerprint density at radius 1 is 1.37 bits per heavy atom. The van der Waals surface area contributed by atoms with Crippen molar-refractivity contribution in [3.05, 3.63) is 46.2 Å². The van der Waals surface area contributed by atoms with Gasteiger partial charge in [-0.05, 0) is 25.0 Å². The summed E-state index contributed by atoms with van der Waals surface area (Å²) in [6, 6.07) is 5.42. The van der Waals surface area contributed by atoms with Crippen molar-refractivity contribution in [2.75, 3.05) is 19.6 Å². The van der Waals surface area contributed by atoms with Gasteiger partial charge in [-0.3, -0.25) is 14.6 Å². The van der Waals surface area contributed by atoms with Gasteiger partial charge in [-0.25, -0.2) is 4.98 Å². The lowest BCUT2D eigenvalue weighted by atomic mass is 9.98. The standard InChI is InChI=1S/C20H26N4O2S/c1-14(2)18(25)22-10-8-16-13-27-19(23-16)15-6-5-11-24(12-15)20(26)17-7-3-4-9-21-17/h3-4,7,9,13-15H,5-6,8,10-12H2,1-2H3,(H,22,25). The first kappa shape index (κ1) is 19.5. The summed E-state index contributed by atoms with van der Waals surface area (Å²) in [5.74, 6) is 0.339. The number of nitrogens with zero attached hydrogens (tertiary/aromatic N) is 3. The van der Waals surface area contributed by atoms with E-state index in [0.29, 0.717) is 18.8 Å². The van der Waals surface area contributed by atoms with Crippen LogP contribution in [0.4, 0.5) is 0 Å². The molecule has 0 radical (unpaired) electrons. The monoisotopic (exact) mass is 386 g/mol. The van der Waals surface area contributed by atoms with Crippen LogP contribution in [0, 0.1) is 5.92 Å². The summed E-state index contributed by atoms with van der Waals surface area (Å²) in [6.07, 6.45) is 4.41. The molecule has 1 aliphatic rings. The number of nitrogens with one attached hydrogen (secondary N) is 1. The van der Waals surface area contributed by atoms with Crippen molar-refractivity contribution in [2.24, 2.45) is 5.92 Å². The third-order valence-electron chi connectivity index (χ3n) is 4.72. The molecule has 1 saturated heterocycles. The topological polar surface area (TPSA) is 75.2 Å². The molecule has 1 unspecified atom stereocenters. The van der Waals surface area contributed by atoms with Crippen LogP contribution >= 0.6 is 11.3 Å². The van der Waals surface area contributed by atoms with E-state index in [4.69, 9.17) is 4.98 Å². The van der Waals surface area contributed by atoms with Gasteiger partial charge in [0.15, 0.2) is 0 Å².